The number of fused-ring (bicyclic) bond motifs is 1. The van der Waals surface area contributed by atoms with Crippen LogP contribution < -0.4 is 16.4 Å². The Bertz CT molecular complexity index is 907. The molecule has 2 aromatic rings. The van der Waals surface area contributed by atoms with Gasteiger partial charge in [-0.2, -0.15) is 0 Å². The van der Waals surface area contributed by atoms with Gasteiger partial charge in [-0.25, -0.2) is 0 Å². The number of anilines is 1. The molecule has 1 unspecified atom stereocenters. The third-order valence-electron chi connectivity index (χ3n) is 4.93. The molecule has 1 saturated carbocycles. The minimum atomic E-state index is -0.465. The third kappa shape index (κ3) is 2.95. The molecule has 1 aliphatic heterocycles. The summed E-state index contributed by atoms with van der Waals surface area (Å²) in [6.45, 7) is 0. The zero-order valence-electron chi connectivity index (χ0n) is 13.7. The monoisotopic (exact) mass is 360 g/mol. The first-order chi connectivity index (χ1) is 12.1. The molecule has 132 valence electrons. The highest BCUT2D eigenvalue weighted by atomic mass is 32.2. The van der Waals surface area contributed by atoms with Gasteiger partial charge in [0.25, 0.3) is 11.1 Å². The van der Waals surface area contributed by atoms with Gasteiger partial charge >= 0.3 is 0 Å². The first-order valence-electron chi connectivity index (χ1n) is 8.58. The molecule has 1 atom stereocenters. The molecule has 1 aliphatic carbocycles. The molecule has 1 fully saturated rings. The molecular weight excluding hydrogens is 340 g/mol. The van der Waals surface area contributed by atoms with Gasteiger partial charge in [-0.15, -0.1) is 11.8 Å². The van der Waals surface area contributed by atoms with Crippen LogP contribution in [0.4, 0.5) is 5.82 Å². The Morgan fingerprint density at radius 3 is 2.64 bits per heavy atom. The largest absolute Gasteiger partial charge is 0.329 e. The maximum atomic E-state index is 12.7. The minimum Gasteiger partial charge on any atom is -0.329 e. The van der Waals surface area contributed by atoms with Gasteiger partial charge < -0.3 is 10.3 Å². The summed E-state index contributed by atoms with van der Waals surface area (Å²) in [5.74, 6) is 0.586. The van der Waals surface area contributed by atoms with E-state index >= 15 is 0 Å². The number of pyridine rings is 1. The lowest BCUT2D eigenvalue weighted by atomic mass is 9.95. The molecule has 7 nitrogen and oxygen atoms in total. The van der Waals surface area contributed by atoms with Crippen molar-refractivity contribution in [3.8, 4) is 0 Å². The van der Waals surface area contributed by atoms with E-state index in [1.807, 2.05) is 4.68 Å². The Hall–Kier alpha value is -2.22. The van der Waals surface area contributed by atoms with E-state index in [0.717, 1.165) is 25.7 Å². The van der Waals surface area contributed by atoms with Crippen molar-refractivity contribution >= 4 is 23.5 Å². The molecule has 3 heterocycles. The van der Waals surface area contributed by atoms with Gasteiger partial charge in [0.05, 0.1) is 22.6 Å². The van der Waals surface area contributed by atoms with E-state index in [0.29, 0.717) is 16.9 Å². The zero-order valence-corrected chi connectivity index (χ0v) is 14.5. The predicted molar refractivity (Wildman–Crippen MR) is 97.2 cm³/mol. The molecule has 0 aromatic carbocycles. The maximum Gasteiger partial charge on any atom is 0.270 e. The van der Waals surface area contributed by atoms with Crippen LogP contribution in [-0.4, -0.2) is 26.4 Å². The number of thioether (sulfide) groups is 1. The van der Waals surface area contributed by atoms with E-state index in [9.17, 15) is 14.4 Å². The molecule has 8 heteroatoms. The highest BCUT2D eigenvalue weighted by Crippen LogP contribution is 2.40. The van der Waals surface area contributed by atoms with Crippen molar-refractivity contribution < 1.29 is 4.79 Å². The fourth-order valence-corrected chi connectivity index (χ4v) is 4.88. The van der Waals surface area contributed by atoms with Gasteiger partial charge in [0.15, 0.2) is 0 Å². The number of H-pyrrole nitrogens is 2. The fraction of sp³-hybridized carbons (Fsp3) is 0.471. The minimum absolute atomic E-state index is 0.148. The van der Waals surface area contributed by atoms with Crippen molar-refractivity contribution in [1.29, 1.82) is 0 Å². The van der Waals surface area contributed by atoms with Crippen LogP contribution in [0.1, 0.15) is 54.5 Å². The van der Waals surface area contributed by atoms with Crippen molar-refractivity contribution in [1.82, 2.24) is 14.8 Å². The Balaban J connectivity index is 1.86. The van der Waals surface area contributed by atoms with Gasteiger partial charge in [-0.05, 0) is 18.9 Å². The Labute approximate surface area is 148 Å². The molecule has 4 rings (SSSR count). The summed E-state index contributed by atoms with van der Waals surface area (Å²) >= 11 is 1.31. The van der Waals surface area contributed by atoms with Crippen LogP contribution in [0, 0.1) is 0 Å². The van der Waals surface area contributed by atoms with Crippen LogP contribution in [0.5, 0.6) is 0 Å². The lowest BCUT2D eigenvalue weighted by molar-refractivity contribution is -0.113. The van der Waals surface area contributed by atoms with Crippen LogP contribution in [0.15, 0.2) is 27.9 Å². The molecular formula is C17H20N4O3S. The van der Waals surface area contributed by atoms with Crippen molar-refractivity contribution in [2.24, 2.45) is 0 Å². The SMILES string of the molecule is O=C1CSC(c2ccc[nH]c2=O)c2c(n(C3CCCCC3)[nH]c2=O)N1. The first kappa shape index (κ1) is 16.3. The average Bonchev–Trinajstić information content (AvgIpc) is 2.83. The molecule has 0 radical (unpaired) electrons. The van der Waals surface area contributed by atoms with Crippen molar-refractivity contribution in [2.75, 3.05) is 11.1 Å². The van der Waals surface area contributed by atoms with E-state index in [4.69, 9.17) is 0 Å². The number of rotatable bonds is 2. The summed E-state index contributed by atoms with van der Waals surface area (Å²) < 4.78 is 1.82. The lowest BCUT2D eigenvalue weighted by Crippen LogP contribution is -2.21. The number of hydrogen-bond donors (Lipinski definition) is 3. The Morgan fingerprint density at radius 1 is 1.08 bits per heavy atom. The zero-order chi connectivity index (χ0) is 17.4. The lowest BCUT2D eigenvalue weighted by Gasteiger charge is -2.24. The summed E-state index contributed by atoms with van der Waals surface area (Å²) in [7, 11) is 0. The number of carbonyl (C=O) groups excluding carboxylic acids is 1. The van der Waals surface area contributed by atoms with Crippen LogP contribution in [0.2, 0.25) is 0 Å². The number of amides is 1. The molecule has 0 spiro atoms. The predicted octanol–water partition coefficient (Wildman–Crippen LogP) is 2.14. The molecule has 25 heavy (non-hydrogen) atoms. The van der Waals surface area contributed by atoms with Gasteiger partial charge in [0.1, 0.15) is 5.82 Å². The number of hydrogen-bond acceptors (Lipinski definition) is 4. The summed E-state index contributed by atoms with van der Waals surface area (Å²) in [4.78, 5) is 39.8. The molecule has 0 saturated heterocycles. The second-order valence-corrected chi connectivity index (χ2v) is 7.65. The number of aromatic nitrogens is 3. The standard InChI is InChI=1S/C17H20N4O3S/c22-12-9-25-14(11-7-4-8-18-16(11)23)13-15(19-12)21(20-17(13)24)10-5-2-1-3-6-10/h4,7-8,10,14H,1-3,5-6,9H2,(H,18,23)(H,19,22)(H,20,24). The van der Waals surface area contributed by atoms with E-state index < -0.39 is 5.25 Å². The van der Waals surface area contributed by atoms with Gasteiger partial charge in [-0.3, -0.25) is 24.2 Å². The highest BCUT2D eigenvalue weighted by Gasteiger charge is 2.33. The van der Waals surface area contributed by atoms with E-state index in [1.54, 1.807) is 18.3 Å². The summed E-state index contributed by atoms with van der Waals surface area (Å²) in [5.41, 5.74) is 0.504. The van der Waals surface area contributed by atoms with Crippen LogP contribution in [0.25, 0.3) is 0 Å². The summed E-state index contributed by atoms with van der Waals surface area (Å²) in [5, 5.41) is 5.34. The summed E-state index contributed by atoms with van der Waals surface area (Å²) in [6.07, 6.45) is 6.96. The summed E-state index contributed by atoms with van der Waals surface area (Å²) in [6, 6.07) is 3.64. The van der Waals surface area contributed by atoms with Crippen LogP contribution in [0.3, 0.4) is 0 Å². The van der Waals surface area contributed by atoms with E-state index in [1.165, 1.54) is 18.2 Å². The first-order valence-corrected chi connectivity index (χ1v) is 9.63. The van der Waals surface area contributed by atoms with Crippen molar-refractivity contribution in [2.45, 2.75) is 43.4 Å². The second kappa shape index (κ2) is 6.59. The topological polar surface area (TPSA) is 99.8 Å². The molecule has 2 aromatic heterocycles. The van der Waals surface area contributed by atoms with Gasteiger partial charge in [-0.1, -0.05) is 25.3 Å². The Kier molecular flexibility index (Phi) is 4.29. The highest BCUT2D eigenvalue weighted by molar-refractivity contribution is 8.00. The van der Waals surface area contributed by atoms with Crippen molar-refractivity contribution in [3.05, 3.63) is 50.2 Å². The number of carbonyl (C=O) groups is 1. The molecule has 1 amide bonds. The number of nitrogens with one attached hydrogen (secondary N) is 3. The number of aromatic amines is 2. The van der Waals surface area contributed by atoms with Crippen LogP contribution >= 0.6 is 11.8 Å². The third-order valence-corrected chi connectivity index (χ3v) is 6.19. The van der Waals surface area contributed by atoms with E-state index in [-0.39, 0.29) is 28.8 Å². The van der Waals surface area contributed by atoms with Gasteiger partial charge in [0.2, 0.25) is 5.91 Å². The van der Waals surface area contributed by atoms with E-state index in [2.05, 4.69) is 15.4 Å². The average molecular weight is 360 g/mol. The maximum absolute atomic E-state index is 12.7. The fourth-order valence-electron chi connectivity index (χ4n) is 3.74. The molecule has 0 bridgehead atoms. The number of nitrogens with zero attached hydrogens (tertiary/aromatic N) is 1. The quantitative estimate of drug-likeness (QED) is 0.764. The second-order valence-electron chi connectivity index (χ2n) is 6.56. The van der Waals surface area contributed by atoms with Crippen molar-refractivity contribution in [3.63, 3.8) is 0 Å². The molecule has 2 aliphatic rings. The Morgan fingerprint density at radius 2 is 1.88 bits per heavy atom. The smallest absolute Gasteiger partial charge is 0.270 e. The van der Waals surface area contributed by atoms with Crippen LogP contribution in [-0.2, 0) is 4.79 Å². The molecule has 3 N–H and O–H groups in total. The van der Waals surface area contributed by atoms with Gasteiger partial charge in [0, 0.05) is 11.8 Å². The normalized spacial score (nSPS) is 21.4.